The van der Waals surface area contributed by atoms with Crippen LogP contribution in [0.3, 0.4) is 0 Å². The van der Waals surface area contributed by atoms with Gasteiger partial charge in [-0.2, -0.15) is 5.10 Å². The van der Waals surface area contributed by atoms with Gasteiger partial charge in [-0.15, -0.1) is 0 Å². The summed E-state index contributed by atoms with van der Waals surface area (Å²) in [5.41, 5.74) is 2.54. The monoisotopic (exact) mass is 698 g/mol. The number of carbonyl (C=O) groups is 3. The second-order valence-corrected chi connectivity index (χ2v) is 12.9. The van der Waals surface area contributed by atoms with Gasteiger partial charge in [-0.1, -0.05) is 6.07 Å². The summed E-state index contributed by atoms with van der Waals surface area (Å²) in [6.07, 6.45) is 7.27. The maximum absolute atomic E-state index is 14.3. The first-order valence-corrected chi connectivity index (χ1v) is 17.4. The molecule has 1 atom stereocenters. The van der Waals surface area contributed by atoms with Gasteiger partial charge >= 0.3 is 0 Å². The van der Waals surface area contributed by atoms with Crippen LogP contribution in [0, 0.1) is 5.92 Å². The number of anilines is 1. The van der Waals surface area contributed by atoms with Crippen LogP contribution in [0.15, 0.2) is 48.9 Å². The average molecular weight is 699 g/mol. The van der Waals surface area contributed by atoms with Gasteiger partial charge < -0.3 is 34.2 Å². The quantitative estimate of drug-likeness (QED) is 0.305. The van der Waals surface area contributed by atoms with Crippen molar-refractivity contribution in [3.8, 4) is 17.2 Å². The molecule has 4 aromatic rings. The predicted octanol–water partition coefficient (Wildman–Crippen LogP) is 3.32. The van der Waals surface area contributed by atoms with Gasteiger partial charge in [0.25, 0.3) is 5.91 Å². The molecule has 1 fully saturated rings. The van der Waals surface area contributed by atoms with E-state index >= 15 is 0 Å². The molecular weight excluding hydrogens is 652 g/mol. The highest BCUT2D eigenvalue weighted by Crippen LogP contribution is 2.44. The van der Waals surface area contributed by atoms with Gasteiger partial charge in [-0.05, 0) is 49.4 Å². The van der Waals surface area contributed by atoms with E-state index in [1.807, 2.05) is 25.1 Å². The van der Waals surface area contributed by atoms with Crippen molar-refractivity contribution >= 4 is 34.4 Å². The molecule has 14 heteroatoms. The number of pyridine rings is 2. The Labute approximate surface area is 297 Å². The predicted molar refractivity (Wildman–Crippen MR) is 191 cm³/mol. The van der Waals surface area contributed by atoms with Crippen molar-refractivity contribution in [1.29, 1.82) is 0 Å². The number of nitrogens with zero attached hydrogens (tertiary/aromatic N) is 7. The summed E-state index contributed by atoms with van der Waals surface area (Å²) in [7, 11) is 4.71. The minimum absolute atomic E-state index is 0.114. The van der Waals surface area contributed by atoms with Crippen LogP contribution in [0.1, 0.15) is 47.8 Å². The molecule has 0 saturated carbocycles. The highest BCUT2D eigenvalue weighted by atomic mass is 16.5. The molecule has 3 aromatic heterocycles. The zero-order valence-corrected chi connectivity index (χ0v) is 29.8. The van der Waals surface area contributed by atoms with E-state index < -0.39 is 0 Å². The lowest BCUT2D eigenvalue weighted by Crippen LogP contribution is -2.43. The Hall–Kier alpha value is -5.40. The fourth-order valence-corrected chi connectivity index (χ4v) is 6.88. The zero-order chi connectivity index (χ0) is 35.9. The SMILES string of the molecule is CCn1ccc(C(=O)N2CCN(C(=O)Cc3cccnc3)CCC(=O)NCC3CCCN(C3)c3nc4cc(OC)c(OC)c(OC)c4cc3C2)n1. The van der Waals surface area contributed by atoms with Crippen molar-refractivity contribution in [3.63, 3.8) is 0 Å². The smallest absolute Gasteiger partial charge is 0.274 e. The largest absolute Gasteiger partial charge is 0.493 e. The molecule has 51 heavy (non-hydrogen) atoms. The number of hydrogen-bond acceptors (Lipinski definition) is 10. The normalized spacial score (nSPS) is 17.2. The summed E-state index contributed by atoms with van der Waals surface area (Å²) >= 11 is 0. The molecule has 0 aliphatic carbocycles. The number of aromatic nitrogens is 4. The molecule has 2 aliphatic rings. The molecule has 2 bridgehead atoms. The van der Waals surface area contributed by atoms with Crippen LogP contribution in [0.4, 0.5) is 5.82 Å². The lowest BCUT2D eigenvalue weighted by atomic mass is 9.97. The summed E-state index contributed by atoms with van der Waals surface area (Å²) in [6.45, 7) is 5.37. The van der Waals surface area contributed by atoms with Gasteiger partial charge in [-0.3, -0.25) is 24.0 Å². The molecule has 5 heterocycles. The Balaban J connectivity index is 1.45. The van der Waals surface area contributed by atoms with Gasteiger partial charge in [0.2, 0.25) is 17.6 Å². The highest BCUT2D eigenvalue weighted by molar-refractivity contribution is 5.94. The highest BCUT2D eigenvalue weighted by Gasteiger charge is 2.29. The summed E-state index contributed by atoms with van der Waals surface area (Å²) < 4.78 is 18.9. The van der Waals surface area contributed by atoms with Crippen LogP contribution in [0.2, 0.25) is 0 Å². The molecule has 1 unspecified atom stereocenters. The van der Waals surface area contributed by atoms with Crippen molar-refractivity contribution in [2.75, 3.05) is 65.5 Å². The van der Waals surface area contributed by atoms with E-state index in [9.17, 15) is 14.4 Å². The number of ether oxygens (including phenoxy) is 3. The molecule has 6 rings (SSSR count). The van der Waals surface area contributed by atoms with E-state index in [-0.39, 0.29) is 62.7 Å². The summed E-state index contributed by atoms with van der Waals surface area (Å²) in [5.74, 6) is 1.81. The maximum atomic E-state index is 14.3. The van der Waals surface area contributed by atoms with Crippen LogP contribution in [-0.4, -0.2) is 108 Å². The van der Waals surface area contributed by atoms with Gasteiger partial charge in [0.05, 0.1) is 33.3 Å². The van der Waals surface area contributed by atoms with Crippen molar-refractivity contribution in [3.05, 3.63) is 65.7 Å². The Morgan fingerprint density at radius 1 is 1.00 bits per heavy atom. The van der Waals surface area contributed by atoms with E-state index in [2.05, 4.69) is 20.3 Å². The van der Waals surface area contributed by atoms with Crippen molar-refractivity contribution in [2.45, 2.75) is 45.7 Å². The number of piperidine rings is 1. The Morgan fingerprint density at radius 2 is 1.82 bits per heavy atom. The molecule has 1 saturated heterocycles. The van der Waals surface area contributed by atoms with Crippen molar-refractivity contribution in [1.82, 2.24) is 34.9 Å². The third-order valence-corrected chi connectivity index (χ3v) is 9.60. The van der Waals surface area contributed by atoms with E-state index in [0.717, 1.165) is 36.3 Å². The second kappa shape index (κ2) is 16.1. The topological polar surface area (TPSA) is 144 Å². The molecule has 270 valence electrons. The van der Waals surface area contributed by atoms with Crippen LogP contribution in [0.5, 0.6) is 17.2 Å². The minimum atomic E-state index is -0.272. The number of rotatable bonds is 7. The molecule has 0 radical (unpaired) electrons. The van der Waals surface area contributed by atoms with Gasteiger partial charge in [0.1, 0.15) is 11.5 Å². The van der Waals surface area contributed by atoms with Crippen LogP contribution in [0.25, 0.3) is 10.9 Å². The molecule has 3 amide bonds. The number of carbonyl (C=O) groups excluding carboxylic acids is 3. The fourth-order valence-electron chi connectivity index (χ4n) is 6.88. The number of aryl methyl sites for hydroxylation is 1. The minimum Gasteiger partial charge on any atom is -0.493 e. The zero-order valence-electron chi connectivity index (χ0n) is 29.8. The van der Waals surface area contributed by atoms with Crippen molar-refractivity contribution < 1.29 is 28.6 Å². The van der Waals surface area contributed by atoms with Gasteiger partial charge in [0, 0.05) is 94.4 Å². The van der Waals surface area contributed by atoms with Gasteiger partial charge in [-0.25, -0.2) is 4.98 Å². The maximum Gasteiger partial charge on any atom is 0.274 e. The molecule has 2 aliphatic heterocycles. The van der Waals surface area contributed by atoms with Crippen LogP contribution < -0.4 is 24.4 Å². The van der Waals surface area contributed by atoms with E-state index in [1.54, 1.807) is 66.5 Å². The number of benzene rings is 1. The fraction of sp³-hybridized carbons (Fsp3) is 0.459. The number of methoxy groups -OCH3 is 3. The van der Waals surface area contributed by atoms with Crippen LogP contribution in [-0.2, 0) is 29.1 Å². The molecule has 0 spiro atoms. The first-order chi connectivity index (χ1) is 24.8. The number of nitrogens with one attached hydrogen (secondary N) is 1. The Morgan fingerprint density at radius 3 is 2.55 bits per heavy atom. The van der Waals surface area contributed by atoms with Crippen molar-refractivity contribution in [2.24, 2.45) is 5.92 Å². The lowest BCUT2D eigenvalue weighted by Gasteiger charge is -2.35. The van der Waals surface area contributed by atoms with E-state index in [4.69, 9.17) is 19.2 Å². The number of hydrogen-bond donors (Lipinski definition) is 1. The van der Waals surface area contributed by atoms with Gasteiger partial charge in [0.15, 0.2) is 11.5 Å². The molecule has 1 N–H and O–H groups in total. The lowest BCUT2D eigenvalue weighted by molar-refractivity contribution is -0.131. The Kier molecular flexibility index (Phi) is 11.2. The van der Waals surface area contributed by atoms with E-state index in [0.29, 0.717) is 53.5 Å². The first-order valence-electron chi connectivity index (χ1n) is 17.4. The summed E-state index contributed by atoms with van der Waals surface area (Å²) in [4.78, 5) is 56.2. The Bertz CT molecular complexity index is 1860. The molecular formula is C37H46N8O6. The van der Waals surface area contributed by atoms with E-state index in [1.165, 1.54) is 0 Å². The molecule has 14 nitrogen and oxygen atoms in total. The average Bonchev–Trinajstić information content (AvgIpc) is 3.65. The standard InChI is InChI=1S/C37H46N8O6/c1-5-45-15-10-29(41-45)37(48)44-17-16-42(33(47)18-25-8-6-12-38-21-25)14-11-32(46)39-22-26-9-7-13-43(23-26)36-27(24-44)19-28-30(40-36)20-31(49-2)35(51-4)34(28)50-3/h6,8,10,12,15,19-21,26H,5,7,9,11,13-14,16-18,22-24H2,1-4H3,(H,39,46). The second-order valence-electron chi connectivity index (χ2n) is 12.9. The summed E-state index contributed by atoms with van der Waals surface area (Å²) in [5, 5.41) is 8.35. The number of fused-ring (bicyclic) bond motifs is 5. The third kappa shape index (κ3) is 8.00. The van der Waals surface area contributed by atoms with Crippen LogP contribution >= 0.6 is 0 Å². The first kappa shape index (κ1) is 35.4. The third-order valence-electron chi connectivity index (χ3n) is 9.60. The molecule has 1 aromatic carbocycles. The number of amides is 3. The summed E-state index contributed by atoms with van der Waals surface area (Å²) in [6, 6.07) is 9.20.